The summed E-state index contributed by atoms with van der Waals surface area (Å²) in [6.07, 6.45) is 2.91. The molecule has 3 aromatic rings. The molecule has 0 aliphatic carbocycles. The number of aryl methyl sites for hydroxylation is 1. The fourth-order valence-electron chi connectivity index (χ4n) is 4.67. The van der Waals surface area contributed by atoms with Crippen molar-refractivity contribution in [1.29, 1.82) is 5.26 Å². The predicted molar refractivity (Wildman–Crippen MR) is 130 cm³/mol. The molecule has 168 valence electrons. The number of fused-ring (bicyclic) bond motifs is 1. The van der Waals surface area contributed by atoms with Crippen LogP contribution in [0.3, 0.4) is 0 Å². The molecular formula is C27H34N4O. The highest BCUT2D eigenvalue weighted by Crippen LogP contribution is 2.41. The van der Waals surface area contributed by atoms with E-state index in [1.165, 1.54) is 11.1 Å². The first-order chi connectivity index (χ1) is 15.2. The quantitative estimate of drug-likeness (QED) is 0.555. The van der Waals surface area contributed by atoms with Gasteiger partial charge in [0.25, 0.3) is 0 Å². The van der Waals surface area contributed by atoms with Crippen LogP contribution in [0.4, 0.5) is 5.69 Å². The first kappa shape index (κ1) is 22.4. The molecule has 0 saturated carbocycles. The lowest BCUT2D eigenvalue weighted by molar-refractivity contribution is 0.315. The Morgan fingerprint density at radius 3 is 2.50 bits per heavy atom. The monoisotopic (exact) mass is 430 g/mol. The second-order valence-electron chi connectivity index (χ2n) is 10.2. The molecule has 0 N–H and O–H groups in total. The van der Waals surface area contributed by atoms with E-state index in [0.29, 0.717) is 23.0 Å². The van der Waals surface area contributed by atoms with Crippen molar-refractivity contribution in [2.45, 2.75) is 58.4 Å². The molecule has 32 heavy (non-hydrogen) atoms. The maximum Gasteiger partial charge on any atom is 0.201 e. The van der Waals surface area contributed by atoms with Crippen LogP contribution in [0.15, 0.2) is 34.7 Å². The SMILES string of the molecule is Cc1c(CCc2ccccc2)c(N2CC[C@H](N(C)C)C2)c2oc(C(C)(C)C)nc2c1C#N. The number of nitrogens with zero attached hydrogens (tertiary/aromatic N) is 4. The second-order valence-corrected chi connectivity index (χ2v) is 10.2. The Bertz CT molecular complexity index is 1150. The molecule has 1 saturated heterocycles. The van der Waals surface area contributed by atoms with Crippen molar-refractivity contribution in [3.05, 3.63) is 58.5 Å². The van der Waals surface area contributed by atoms with E-state index in [0.717, 1.165) is 49.2 Å². The first-order valence-electron chi connectivity index (χ1n) is 11.5. The number of aromatic nitrogens is 1. The lowest BCUT2D eigenvalue weighted by Crippen LogP contribution is -2.32. The normalized spacial score (nSPS) is 16.8. The van der Waals surface area contributed by atoms with Crippen molar-refractivity contribution >= 4 is 16.8 Å². The molecular weight excluding hydrogens is 396 g/mol. The highest BCUT2D eigenvalue weighted by Gasteiger charge is 2.32. The Kier molecular flexibility index (Phi) is 6.01. The largest absolute Gasteiger partial charge is 0.438 e. The second kappa shape index (κ2) is 8.60. The van der Waals surface area contributed by atoms with E-state index in [2.05, 4.69) is 81.9 Å². The van der Waals surface area contributed by atoms with E-state index in [1.54, 1.807) is 0 Å². The van der Waals surface area contributed by atoms with Crippen LogP contribution in [-0.4, -0.2) is 43.1 Å². The average Bonchev–Trinajstić information content (AvgIpc) is 3.40. The molecule has 0 bridgehead atoms. The highest BCUT2D eigenvalue weighted by molar-refractivity contribution is 5.95. The van der Waals surface area contributed by atoms with Crippen LogP contribution in [-0.2, 0) is 18.3 Å². The molecule has 1 aliphatic heterocycles. The Morgan fingerprint density at radius 1 is 1.19 bits per heavy atom. The summed E-state index contributed by atoms with van der Waals surface area (Å²) in [5.41, 5.74) is 6.60. The van der Waals surface area contributed by atoms with E-state index >= 15 is 0 Å². The lowest BCUT2D eigenvalue weighted by Gasteiger charge is -2.25. The van der Waals surface area contributed by atoms with Gasteiger partial charge in [-0.1, -0.05) is 51.1 Å². The van der Waals surface area contributed by atoms with Crippen LogP contribution < -0.4 is 4.90 Å². The van der Waals surface area contributed by atoms with Crippen molar-refractivity contribution in [1.82, 2.24) is 9.88 Å². The number of oxazole rings is 1. The topological polar surface area (TPSA) is 56.3 Å². The Hall–Kier alpha value is -2.84. The summed E-state index contributed by atoms with van der Waals surface area (Å²) in [6, 6.07) is 13.5. The minimum absolute atomic E-state index is 0.224. The fraction of sp³-hybridized carbons (Fsp3) is 0.481. The number of rotatable bonds is 5. The minimum Gasteiger partial charge on any atom is -0.438 e. The van der Waals surface area contributed by atoms with Crippen LogP contribution in [0, 0.1) is 18.3 Å². The number of nitriles is 1. The molecule has 0 unspecified atom stereocenters. The third kappa shape index (κ3) is 4.12. The number of anilines is 1. The summed E-state index contributed by atoms with van der Waals surface area (Å²) >= 11 is 0. The van der Waals surface area contributed by atoms with Crippen LogP contribution in [0.2, 0.25) is 0 Å². The maximum atomic E-state index is 10.1. The van der Waals surface area contributed by atoms with Crippen molar-refractivity contribution < 1.29 is 4.42 Å². The number of hydrogen-bond acceptors (Lipinski definition) is 5. The van der Waals surface area contributed by atoms with Gasteiger partial charge in [0.05, 0.1) is 11.3 Å². The molecule has 0 spiro atoms. The zero-order chi connectivity index (χ0) is 23.0. The van der Waals surface area contributed by atoms with Gasteiger partial charge in [-0.2, -0.15) is 5.26 Å². The van der Waals surface area contributed by atoms with Gasteiger partial charge >= 0.3 is 0 Å². The first-order valence-corrected chi connectivity index (χ1v) is 11.5. The Balaban J connectivity index is 1.89. The summed E-state index contributed by atoms with van der Waals surface area (Å²) < 4.78 is 6.44. The van der Waals surface area contributed by atoms with Gasteiger partial charge in [-0.25, -0.2) is 4.98 Å². The summed E-state index contributed by atoms with van der Waals surface area (Å²) in [5, 5.41) is 10.1. The van der Waals surface area contributed by atoms with Gasteiger partial charge in [0, 0.05) is 24.5 Å². The summed E-state index contributed by atoms with van der Waals surface area (Å²) in [5.74, 6) is 0.688. The van der Waals surface area contributed by atoms with Crippen LogP contribution in [0.25, 0.3) is 11.1 Å². The average molecular weight is 431 g/mol. The third-order valence-electron chi connectivity index (χ3n) is 6.66. The Morgan fingerprint density at radius 2 is 1.91 bits per heavy atom. The van der Waals surface area contributed by atoms with E-state index < -0.39 is 0 Å². The number of benzene rings is 2. The molecule has 2 heterocycles. The molecule has 1 aliphatic rings. The van der Waals surface area contributed by atoms with Crippen LogP contribution >= 0.6 is 0 Å². The van der Waals surface area contributed by atoms with Crippen molar-refractivity contribution in [2.24, 2.45) is 0 Å². The highest BCUT2D eigenvalue weighted by atomic mass is 16.4. The smallest absolute Gasteiger partial charge is 0.201 e. The van der Waals surface area contributed by atoms with Crippen molar-refractivity contribution in [3.8, 4) is 6.07 Å². The van der Waals surface area contributed by atoms with Crippen LogP contribution in [0.5, 0.6) is 0 Å². The van der Waals surface area contributed by atoms with Gasteiger partial charge in [-0.15, -0.1) is 0 Å². The van der Waals surface area contributed by atoms with Gasteiger partial charge in [0.2, 0.25) is 5.89 Å². The molecule has 5 nitrogen and oxygen atoms in total. The van der Waals surface area contributed by atoms with Crippen molar-refractivity contribution in [3.63, 3.8) is 0 Å². The summed E-state index contributed by atoms with van der Waals surface area (Å²) in [6.45, 7) is 10.3. The minimum atomic E-state index is -0.224. The molecule has 0 radical (unpaired) electrons. The van der Waals surface area contributed by atoms with E-state index in [1.807, 2.05) is 6.07 Å². The third-order valence-corrected chi connectivity index (χ3v) is 6.66. The molecule has 2 aromatic carbocycles. The van der Waals surface area contributed by atoms with E-state index in [-0.39, 0.29) is 5.41 Å². The number of likely N-dealkylation sites (N-methyl/N-ethyl adjacent to an activating group) is 1. The zero-order valence-electron chi connectivity index (χ0n) is 20.2. The zero-order valence-corrected chi connectivity index (χ0v) is 20.2. The van der Waals surface area contributed by atoms with Gasteiger partial charge in [0.15, 0.2) is 5.58 Å². The fourth-order valence-corrected chi connectivity index (χ4v) is 4.67. The number of hydrogen-bond donors (Lipinski definition) is 0. The standard InChI is InChI=1S/C27H34N4O/c1-18-21(13-12-19-10-8-7-9-11-19)24(31-15-14-20(17-31)30(5)6)25-23(22(18)16-28)29-26(32-25)27(2,3)4/h7-11,20H,12-15,17H2,1-6H3/t20-/m0/s1. The summed E-state index contributed by atoms with van der Waals surface area (Å²) in [7, 11) is 4.30. The molecule has 1 fully saturated rings. The van der Waals surface area contributed by atoms with Crippen molar-refractivity contribution in [2.75, 3.05) is 32.1 Å². The molecule has 1 atom stereocenters. The van der Waals surface area contributed by atoms with Gasteiger partial charge < -0.3 is 14.2 Å². The molecule has 0 amide bonds. The van der Waals surface area contributed by atoms with E-state index in [9.17, 15) is 5.26 Å². The van der Waals surface area contributed by atoms with Crippen LogP contribution in [0.1, 0.15) is 55.3 Å². The molecule has 1 aromatic heterocycles. The maximum absolute atomic E-state index is 10.1. The molecule has 4 rings (SSSR count). The van der Waals surface area contributed by atoms with Gasteiger partial charge in [0.1, 0.15) is 11.6 Å². The van der Waals surface area contributed by atoms with Gasteiger partial charge in [-0.05, 0) is 57.0 Å². The molecule has 5 heteroatoms. The Labute approximate surface area is 191 Å². The lowest BCUT2D eigenvalue weighted by atomic mass is 9.93. The van der Waals surface area contributed by atoms with Gasteiger partial charge in [-0.3, -0.25) is 0 Å². The van der Waals surface area contributed by atoms with E-state index in [4.69, 9.17) is 9.40 Å². The predicted octanol–water partition coefficient (Wildman–Crippen LogP) is 5.23. The summed E-state index contributed by atoms with van der Waals surface area (Å²) in [4.78, 5) is 9.60.